The molecule has 0 radical (unpaired) electrons. The van der Waals surface area contributed by atoms with Gasteiger partial charge in [-0.25, -0.2) is 4.39 Å². The second-order valence-corrected chi connectivity index (χ2v) is 5.62. The third-order valence-electron chi connectivity index (χ3n) is 3.36. The molecule has 0 aromatic carbocycles. The molecular weight excluding hydrogens is 267 g/mol. The van der Waals surface area contributed by atoms with Gasteiger partial charge in [0, 0.05) is 10.2 Å². The molecule has 0 N–H and O–H groups in total. The molecule has 0 heterocycles. The van der Waals surface area contributed by atoms with E-state index in [9.17, 15) is 4.39 Å². The van der Waals surface area contributed by atoms with Gasteiger partial charge < -0.3 is 0 Å². The summed E-state index contributed by atoms with van der Waals surface area (Å²) in [6.45, 7) is 12.1. The summed E-state index contributed by atoms with van der Waals surface area (Å²) < 4.78 is 12.9. The fourth-order valence-electron chi connectivity index (χ4n) is 1.70. The number of unbranched alkanes of at least 4 members (excludes halogenated alkanes) is 1. The Balaban J connectivity index is 4.75. The van der Waals surface area contributed by atoms with Crippen LogP contribution in [0.25, 0.3) is 0 Å². The van der Waals surface area contributed by atoms with Crippen LogP contribution in [0.2, 0.25) is 0 Å². The van der Waals surface area contributed by atoms with Crippen LogP contribution >= 0.6 is 15.9 Å². The van der Waals surface area contributed by atoms with Gasteiger partial charge in [-0.3, -0.25) is 0 Å². The van der Waals surface area contributed by atoms with Crippen molar-refractivity contribution in [3.63, 3.8) is 0 Å². The summed E-state index contributed by atoms with van der Waals surface area (Å²) in [5, 5.41) is 0. The van der Waals surface area contributed by atoms with E-state index in [0.717, 1.165) is 19.3 Å². The van der Waals surface area contributed by atoms with Crippen molar-refractivity contribution in [3.8, 4) is 0 Å². The van der Waals surface area contributed by atoms with Crippen LogP contribution in [-0.2, 0) is 0 Å². The zero-order valence-corrected chi connectivity index (χ0v) is 12.5. The van der Waals surface area contributed by atoms with Crippen molar-refractivity contribution in [1.82, 2.24) is 0 Å². The van der Waals surface area contributed by atoms with E-state index in [0.29, 0.717) is 0 Å². The van der Waals surface area contributed by atoms with Gasteiger partial charge in [-0.2, -0.15) is 0 Å². The molecular formula is C14H24BrF. The van der Waals surface area contributed by atoms with Crippen LogP contribution in [0.1, 0.15) is 53.4 Å². The summed E-state index contributed by atoms with van der Waals surface area (Å²) in [6, 6.07) is 0. The first kappa shape index (κ1) is 15.9. The van der Waals surface area contributed by atoms with E-state index in [1.807, 2.05) is 0 Å². The van der Waals surface area contributed by atoms with E-state index in [1.54, 1.807) is 6.08 Å². The van der Waals surface area contributed by atoms with Crippen LogP contribution in [0.3, 0.4) is 0 Å². The van der Waals surface area contributed by atoms with Gasteiger partial charge in [0.25, 0.3) is 0 Å². The van der Waals surface area contributed by atoms with Crippen LogP contribution in [-0.4, -0.2) is 4.83 Å². The lowest BCUT2D eigenvalue weighted by molar-refractivity contribution is 0.383. The molecule has 0 aliphatic heterocycles. The minimum absolute atomic E-state index is 0.0272. The minimum atomic E-state index is -0.134. The van der Waals surface area contributed by atoms with Crippen molar-refractivity contribution < 1.29 is 4.39 Å². The number of hydrogen-bond acceptors (Lipinski definition) is 0. The second kappa shape index (κ2) is 7.26. The lowest BCUT2D eigenvalue weighted by Gasteiger charge is -2.34. The highest BCUT2D eigenvalue weighted by atomic mass is 79.9. The molecule has 2 unspecified atom stereocenters. The van der Waals surface area contributed by atoms with E-state index in [-0.39, 0.29) is 16.1 Å². The molecule has 0 aromatic rings. The molecule has 94 valence electrons. The lowest BCUT2D eigenvalue weighted by atomic mass is 9.75. The first-order valence-electron chi connectivity index (χ1n) is 6.04. The Morgan fingerprint density at radius 3 is 2.44 bits per heavy atom. The van der Waals surface area contributed by atoms with Gasteiger partial charge in [0.2, 0.25) is 0 Å². The molecule has 0 aliphatic carbocycles. The first-order chi connectivity index (χ1) is 7.38. The minimum Gasteiger partial charge on any atom is -0.212 e. The number of hydrogen-bond donors (Lipinski definition) is 0. The summed E-state index contributed by atoms with van der Waals surface area (Å²) >= 11 is 3.58. The van der Waals surface area contributed by atoms with Crippen LogP contribution in [0.15, 0.2) is 24.1 Å². The highest BCUT2D eigenvalue weighted by Crippen LogP contribution is 2.41. The van der Waals surface area contributed by atoms with Gasteiger partial charge in [0.1, 0.15) is 0 Å². The van der Waals surface area contributed by atoms with Crippen molar-refractivity contribution >= 4 is 15.9 Å². The highest BCUT2D eigenvalue weighted by Gasteiger charge is 2.32. The zero-order valence-electron chi connectivity index (χ0n) is 10.9. The smallest absolute Gasteiger partial charge is 0.0940 e. The molecule has 0 saturated carbocycles. The summed E-state index contributed by atoms with van der Waals surface area (Å²) in [6.07, 6.45) is 5.97. The Morgan fingerprint density at radius 1 is 1.50 bits per heavy atom. The van der Waals surface area contributed by atoms with Gasteiger partial charge >= 0.3 is 0 Å². The average Bonchev–Trinajstić information content (AvgIpc) is 2.23. The highest BCUT2D eigenvalue weighted by molar-refractivity contribution is 9.09. The fraction of sp³-hybridized carbons (Fsp3) is 0.714. The monoisotopic (exact) mass is 290 g/mol. The second-order valence-electron chi connectivity index (χ2n) is 4.63. The van der Waals surface area contributed by atoms with Gasteiger partial charge in [0.15, 0.2) is 0 Å². The predicted molar refractivity (Wildman–Crippen MR) is 74.6 cm³/mol. The molecule has 0 nitrogen and oxygen atoms in total. The molecule has 16 heavy (non-hydrogen) atoms. The summed E-state index contributed by atoms with van der Waals surface area (Å²) in [5.74, 6) is -0.134. The third kappa shape index (κ3) is 4.40. The Bertz CT molecular complexity index is 253. The Kier molecular flexibility index (Phi) is 7.21. The van der Waals surface area contributed by atoms with Gasteiger partial charge in [-0.05, 0) is 32.3 Å². The molecule has 0 spiro atoms. The van der Waals surface area contributed by atoms with Crippen molar-refractivity contribution in [3.05, 3.63) is 24.1 Å². The SMILES string of the molecule is C=C(CCCC)C(C)(CC)C(Br)/C=C(\C)F. The van der Waals surface area contributed by atoms with E-state index in [2.05, 4.69) is 43.3 Å². The van der Waals surface area contributed by atoms with E-state index < -0.39 is 0 Å². The number of rotatable bonds is 7. The van der Waals surface area contributed by atoms with Crippen molar-refractivity contribution in [2.45, 2.75) is 58.2 Å². The van der Waals surface area contributed by atoms with Crippen LogP contribution in [0.5, 0.6) is 0 Å². The number of allylic oxidation sites excluding steroid dienone is 3. The van der Waals surface area contributed by atoms with Crippen molar-refractivity contribution in [2.24, 2.45) is 5.41 Å². The van der Waals surface area contributed by atoms with Crippen molar-refractivity contribution in [2.75, 3.05) is 0 Å². The van der Waals surface area contributed by atoms with E-state index in [1.165, 1.54) is 18.9 Å². The maximum Gasteiger partial charge on any atom is 0.0940 e. The maximum absolute atomic E-state index is 12.9. The molecule has 0 saturated heterocycles. The van der Waals surface area contributed by atoms with Gasteiger partial charge in [0.05, 0.1) is 5.83 Å². The standard InChI is InChI=1S/C14H24BrF/c1-6-8-9-11(3)14(5,7-2)13(15)10-12(4)16/h10,13H,3,6-9H2,1-2,4-5H3/b12-10+. The third-order valence-corrected chi connectivity index (χ3v) is 4.63. The molecule has 0 amide bonds. The topological polar surface area (TPSA) is 0 Å². The normalized spacial score (nSPS) is 18.0. The molecule has 2 heteroatoms. The quantitative estimate of drug-likeness (QED) is 0.411. The Morgan fingerprint density at radius 2 is 2.06 bits per heavy atom. The van der Waals surface area contributed by atoms with Crippen LogP contribution < -0.4 is 0 Å². The number of alkyl halides is 1. The summed E-state index contributed by atoms with van der Waals surface area (Å²) in [5.41, 5.74) is 1.17. The molecule has 0 aromatic heterocycles. The lowest BCUT2D eigenvalue weighted by Crippen LogP contribution is -2.28. The molecule has 2 atom stereocenters. The molecule has 0 aliphatic rings. The van der Waals surface area contributed by atoms with Crippen LogP contribution in [0.4, 0.5) is 4.39 Å². The van der Waals surface area contributed by atoms with Gasteiger partial charge in [-0.15, -0.1) is 0 Å². The Labute approximate surface area is 108 Å². The number of halogens is 2. The van der Waals surface area contributed by atoms with E-state index >= 15 is 0 Å². The first-order valence-corrected chi connectivity index (χ1v) is 6.96. The predicted octanol–water partition coefficient (Wildman–Crippen LogP) is 5.79. The van der Waals surface area contributed by atoms with Crippen LogP contribution in [0, 0.1) is 5.41 Å². The molecule has 0 fully saturated rings. The maximum atomic E-state index is 12.9. The van der Waals surface area contributed by atoms with Gasteiger partial charge in [-0.1, -0.05) is 55.3 Å². The molecule has 0 rings (SSSR count). The largest absolute Gasteiger partial charge is 0.212 e. The Hall–Kier alpha value is -0.110. The molecule has 0 bridgehead atoms. The average molecular weight is 291 g/mol. The van der Waals surface area contributed by atoms with Crippen molar-refractivity contribution in [1.29, 1.82) is 0 Å². The zero-order chi connectivity index (χ0) is 12.8. The summed E-state index contributed by atoms with van der Waals surface area (Å²) in [7, 11) is 0. The van der Waals surface area contributed by atoms with E-state index in [4.69, 9.17) is 0 Å². The summed E-state index contributed by atoms with van der Waals surface area (Å²) in [4.78, 5) is 0.0272. The fourth-order valence-corrected chi connectivity index (χ4v) is 2.71.